The van der Waals surface area contributed by atoms with Crippen LogP contribution >= 0.6 is 0 Å². The van der Waals surface area contributed by atoms with Gasteiger partial charge in [-0.3, -0.25) is 9.59 Å². The van der Waals surface area contributed by atoms with Crippen LogP contribution in [0.15, 0.2) is 84.9 Å². The molecule has 5 heteroatoms. The lowest BCUT2D eigenvalue weighted by atomic mass is 10.1. The van der Waals surface area contributed by atoms with Crippen LogP contribution in [0, 0.1) is 0 Å². The van der Waals surface area contributed by atoms with E-state index >= 15 is 0 Å². The van der Waals surface area contributed by atoms with E-state index in [4.69, 9.17) is 0 Å². The fourth-order valence-electron chi connectivity index (χ4n) is 2.96. The number of hydrogen-bond acceptors (Lipinski definition) is 3. The molecule has 3 N–H and O–H groups in total. The number of carbonyl (C=O) groups excluding carboxylic acids is 2. The number of amides is 2. The van der Waals surface area contributed by atoms with E-state index in [1.807, 2.05) is 67.6 Å². The number of nitrogens with one attached hydrogen (secondary N) is 3. The summed E-state index contributed by atoms with van der Waals surface area (Å²) in [5.41, 5.74) is 3.06. The number of anilines is 1. The summed E-state index contributed by atoms with van der Waals surface area (Å²) in [6.45, 7) is 2.59. The molecule has 0 fully saturated rings. The molecule has 0 radical (unpaired) electrons. The average molecular weight is 387 g/mol. The summed E-state index contributed by atoms with van der Waals surface area (Å²) < 4.78 is 0. The molecule has 3 rings (SSSR count). The van der Waals surface area contributed by atoms with E-state index in [1.165, 1.54) is 0 Å². The van der Waals surface area contributed by atoms with E-state index in [0.29, 0.717) is 17.8 Å². The maximum atomic E-state index is 12.6. The van der Waals surface area contributed by atoms with Crippen LogP contribution in [0.1, 0.15) is 34.5 Å². The van der Waals surface area contributed by atoms with Crippen LogP contribution < -0.4 is 16.0 Å². The fourth-order valence-corrected chi connectivity index (χ4v) is 2.96. The van der Waals surface area contributed by atoms with Gasteiger partial charge in [0.05, 0.1) is 17.8 Å². The molecule has 0 aliphatic rings. The highest BCUT2D eigenvalue weighted by Gasteiger charge is 2.13. The van der Waals surface area contributed by atoms with Gasteiger partial charge in [0.2, 0.25) is 5.91 Å². The van der Waals surface area contributed by atoms with Crippen molar-refractivity contribution in [1.82, 2.24) is 10.6 Å². The molecule has 2 amide bonds. The third kappa shape index (κ3) is 6.02. The predicted octanol–water partition coefficient (Wildman–Crippen LogP) is 3.91. The molecule has 0 unspecified atom stereocenters. The van der Waals surface area contributed by atoms with Crippen molar-refractivity contribution in [2.24, 2.45) is 0 Å². The van der Waals surface area contributed by atoms with Crippen molar-refractivity contribution < 1.29 is 9.59 Å². The second-order valence-electron chi connectivity index (χ2n) is 6.78. The third-order valence-electron chi connectivity index (χ3n) is 4.61. The highest BCUT2D eigenvalue weighted by molar-refractivity contribution is 6.04. The van der Waals surface area contributed by atoms with Gasteiger partial charge < -0.3 is 16.0 Å². The maximum Gasteiger partial charge on any atom is 0.253 e. The number of hydrogen-bond donors (Lipinski definition) is 3. The van der Waals surface area contributed by atoms with E-state index in [0.717, 1.165) is 11.1 Å². The van der Waals surface area contributed by atoms with Gasteiger partial charge in [-0.25, -0.2) is 0 Å². The molecule has 0 heterocycles. The first-order valence-corrected chi connectivity index (χ1v) is 9.63. The zero-order valence-electron chi connectivity index (χ0n) is 16.4. The fraction of sp³-hybridized carbons (Fsp3) is 0.167. The lowest BCUT2D eigenvalue weighted by molar-refractivity contribution is -0.115. The summed E-state index contributed by atoms with van der Waals surface area (Å²) in [4.78, 5) is 25.0. The summed E-state index contributed by atoms with van der Waals surface area (Å²) in [5, 5.41) is 8.93. The van der Waals surface area contributed by atoms with Crippen LogP contribution in [0.25, 0.3) is 0 Å². The van der Waals surface area contributed by atoms with Gasteiger partial charge in [-0.1, -0.05) is 72.8 Å². The Morgan fingerprint density at radius 1 is 0.828 bits per heavy atom. The Bertz CT molecular complexity index is 943. The molecule has 1 atom stereocenters. The second-order valence-corrected chi connectivity index (χ2v) is 6.78. The monoisotopic (exact) mass is 387 g/mol. The van der Waals surface area contributed by atoms with Crippen molar-refractivity contribution in [2.45, 2.75) is 19.5 Å². The zero-order chi connectivity index (χ0) is 20.5. The minimum atomic E-state index is -0.227. The standard InChI is InChI=1S/C24H25N3O2/c1-18(20-12-6-3-7-13-20)25-17-23(28)27-22-15-9-8-14-21(22)24(29)26-16-19-10-4-2-5-11-19/h2-15,18,25H,16-17H2,1H3,(H,26,29)(H,27,28)/t18-/m0/s1. The Morgan fingerprint density at radius 3 is 2.17 bits per heavy atom. The van der Waals surface area contributed by atoms with Crippen molar-refractivity contribution in [2.75, 3.05) is 11.9 Å². The maximum absolute atomic E-state index is 12.6. The van der Waals surface area contributed by atoms with Gasteiger partial charge in [0.15, 0.2) is 0 Å². The molecule has 3 aromatic rings. The minimum absolute atomic E-state index is 0.0476. The average Bonchev–Trinajstić information content (AvgIpc) is 2.77. The smallest absolute Gasteiger partial charge is 0.253 e. The third-order valence-corrected chi connectivity index (χ3v) is 4.61. The van der Waals surface area contributed by atoms with Gasteiger partial charge in [-0.2, -0.15) is 0 Å². The van der Waals surface area contributed by atoms with Crippen molar-refractivity contribution >= 4 is 17.5 Å². The molecule has 5 nitrogen and oxygen atoms in total. The van der Waals surface area contributed by atoms with Crippen LogP contribution in [0.4, 0.5) is 5.69 Å². The Morgan fingerprint density at radius 2 is 1.45 bits per heavy atom. The summed E-state index contributed by atoms with van der Waals surface area (Å²) in [6.07, 6.45) is 0. The second kappa shape index (κ2) is 10.2. The topological polar surface area (TPSA) is 70.2 Å². The zero-order valence-corrected chi connectivity index (χ0v) is 16.4. The predicted molar refractivity (Wildman–Crippen MR) is 116 cm³/mol. The summed E-state index contributed by atoms with van der Waals surface area (Å²) in [5.74, 6) is -0.425. The van der Waals surface area contributed by atoms with Gasteiger partial charge in [-0.05, 0) is 30.2 Å². The molecule has 0 aliphatic heterocycles. The molecule has 148 valence electrons. The van der Waals surface area contributed by atoms with Crippen LogP contribution in [-0.2, 0) is 11.3 Å². The van der Waals surface area contributed by atoms with Gasteiger partial charge in [0.1, 0.15) is 0 Å². The van der Waals surface area contributed by atoms with Crippen molar-refractivity contribution in [3.05, 3.63) is 102 Å². The molecule has 0 aromatic heterocycles. The molecule has 0 aliphatic carbocycles. The minimum Gasteiger partial charge on any atom is -0.348 e. The highest BCUT2D eigenvalue weighted by Crippen LogP contribution is 2.16. The molecule has 29 heavy (non-hydrogen) atoms. The Hall–Kier alpha value is -3.44. The normalized spacial score (nSPS) is 11.5. The number of carbonyl (C=O) groups is 2. The van der Waals surface area contributed by atoms with E-state index in [2.05, 4.69) is 16.0 Å². The largest absolute Gasteiger partial charge is 0.348 e. The molecular formula is C24H25N3O2. The Balaban J connectivity index is 1.56. The summed E-state index contributed by atoms with van der Waals surface area (Å²) in [6, 6.07) is 26.7. The number of para-hydroxylation sites is 1. The van der Waals surface area contributed by atoms with E-state index < -0.39 is 0 Å². The van der Waals surface area contributed by atoms with Crippen molar-refractivity contribution in [1.29, 1.82) is 0 Å². The highest BCUT2D eigenvalue weighted by atomic mass is 16.2. The quantitative estimate of drug-likeness (QED) is 0.549. The van der Waals surface area contributed by atoms with Crippen LogP contribution in [0.2, 0.25) is 0 Å². The van der Waals surface area contributed by atoms with Gasteiger partial charge in [-0.15, -0.1) is 0 Å². The van der Waals surface area contributed by atoms with E-state index in [1.54, 1.807) is 24.3 Å². The first-order chi connectivity index (χ1) is 14.1. The Labute approximate surface area is 171 Å². The molecular weight excluding hydrogens is 362 g/mol. The summed E-state index contributed by atoms with van der Waals surface area (Å²) in [7, 11) is 0. The molecule has 0 spiro atoms. The Kier molecular flexibility index (Phi) is 7.14. The molecule has 0 bridgehead atoms. The molecule has 0 saturated heterocycles. The summed E-state index contributed by atoms with van der Waals surface area (Å²) >= 11 is 0. The first kappa shape index (κ1) is 20.3. The number of rotatable bonds is 8. The lowest BCUT2D eigenvalue weighted by Crippen LogP contribution is -2.31. The van der Waals surface area contributed by atoms with Crippen LogP contribution in [-0.4, -0.2) is 18.4 Å². The molecule has 0 saturated carbocycles. The SMILES string of the molecule is C[C@H](NCC(=O)Nc1ccccc1C(=O)NCc1ccccc1)c1ccccc1. The lowest BCUT2D eigenvalue weighted by Gasteiger charge is -2.15. The van der Waals surface area contributed by atoms with Crippen molar-refractivity contribution in [3.8, 4) is 0 Å². The van der Waals surface area contributed by atoms with Gasteiger partial charge >= 0.3 is 0 Å². The number of benzene rings is 3. The van der Waals surface area contributed by atoms with Gasteiger partial charge in [0, 0.05) is 12.6 Å². The van der Waals surface area contributed by atoms with E-state index in [-0.39, 0.29) is 24.4 Å². The van der Waals surface area contributed by atoms with E-state index in [9.17, 15) is 9.59 Å². The van der Waals surface area contributed by atoms with Crippen LogP contribution in [0.3, 0.4) is 0 Å². The molecule has 3 aromatic carbocycles. The first-order valence-electron chi connectivity index (χ1n) is 9.63. The van der Waals surface area contributed by atoms with Gasteiger partial charge in [0.25, 0.3) is 5.91 Å². The van der Waals surface area contributed by atoms with Crippen LogP contribution in [0.5, 0.6) is 0 Å². The van der Waals surface area contributed by atoms with Crippen molar-refractivity contribution in [3.63, 3.8) is 0 Å².